The van der Waals surface area contributed by atoms with E-state index in [-0.39, 0.29) is 29.9 Å². The van der Waals surface area contributed by atoms with Gasteiger partial charge >= 0.3 is 0 Å². The molecule has 1 N–H and O–H groups in total. The molecule has 3 heterocycles. The van der Waals surface area contributed by atoms with Gasteiger partial charge in [-0.05, 0) is 26.2 Å². The number of guanidine groups is 1. The van der Waals surface area contributed by atoms with Crippen LogP contribution in [0.5, 0.6) is 0 Å². The Morgan fingerprint density at radius 3 is 2.44 bits per heavy atom. The normalized spacial score (nSPS) is 32.4. The summed E-state index contributed by atoms with van der Waals surface area (Å²) in [5, 5.41) is 3.92. The molecule has 0 aromatic heterocycles. The lowest BCUT2D eigenvalue weighted by Crippen LogP contribution is -2.70. The van der Waals surface area contributed by atoms with E-state index in [2.05, 4.69) is 22.0 Å². The maximum atomic E-state index is 12.6. The van der Waals surface area contributed by atoms with Gasteiger partial charge in [-0.3, -0.25) is 14.7 Å². The zero-order valence-corrected chi connectivity index (χ0v) is 21.8. The molecule has 0 bridgehead atoms. The van der Waals surface area contributed by atoms with Crippen LogP contribution in [-0.4, -0.2) is 111 Å². The summed E-state index contributed by atoms with van der Waals surface area (Å²) < 4.78 is 11.5. The summed E-state index contributed by atoms with van der Waals surface area (Å²) in [4.78, 5) is 24.1. The molecule has 5 rings (SSSR count). The minimum absolute atomic E-state index is 0. The molecule has 0 aromatic rings. The number of rotatable bonds is 4. The van der Waals surface area contributed by atoms with E-state index in [1.165, 1.54) is 32.1 Å². The second-order valence-electron chi connectivity index (χ2n) is 9.86. The first-order chi connectivity index (χ1) is 15.2. The Hall–Kier alpha value is -0.650. The predicted octanol–water partition coefficient (Wildman–Crippen LogP) is 1.39. The first-order valence-corrected chi connectivity index (χ1v) is 12.5. The standard InChI is InChI=1S/C23H39N5O3.HI/c1-2-24-22(25-20-18-5-14-31-21(18)23(20)6-3-4-7-23)28-10-8-26(9-11-28)17-19(29)27-12-15-30-16-13-27;/h18,20-21H,2-17H2,1H3,(H,24,25);1H. The molecule has 182 valence electrons. The molecule has 3 unspecified atom stereocenters. The Morgan fingerprint density at radius 1 is 1.03 bits per heavy atom. The van der Waals surface area contributed by atoms with Crippen LogP contribution in [0.25, 0.3) is 0 Å². The van der Waals surface area contributed by atoms with Crippen LogP contribution in [0.3, 0.4) is 0 Å². The van der Waals surface area contributed by atoms with E-state index in [1.54, 1.807) is 0 Å². The number of morpholine rings is 1. The highest BCUT2D eigenvalue weighted by Crippen LogP contribution is 2.60. The summed E-state index contributed by atoms with van der Waals surface area (Å²) in [5.41, 5.74) is 0.335. The summed E-state index contributed by atoms with van der Waals surface area (Å²) in [6, 6.07) is 0.508. The van der Waals surface area contributed by atoms with E-state index in [1.807, 2.05) is 4.90 Å². The van der Waals surface area contributed by atoms with Gasteiger partial charge in [-0.1, -0.05) is 12.8 Å². The number of hydrogen-bond acceptors (Lipinski definition) is 5. The molecule has 3 aliphatic heterocycles. The Bertz CT molecular complexity index is 673. The first kappa shape index (κ1) is 24.5. The van der Waals surface area contributed by atoms with Crippen LogP contribution in [0.2, 0.25) is 0 Å². The molecule has 2 saturated carbocycles. The smallest absolute Gasteiger partial charge is 0.236 e. The van der Waals surface area contributed by atoms with Crippen molar-refractivity contribution in [3.8, 4) is 0 Å². The molecule has 0 radical (unpaired) electrons. The average Bonchev–Trinajstić information content (AvgIpc) is 3.47. The third kappa shape index (κ3) is 4.63. The van der Waals surface area contributed by atoms with Crippen LogP contribution in [0.15, 0.2) is 4.99 Å². The Morgan fingerprint density at radius 2 is 1.75 bits per heavy atom. The molecule has 5 aliphatic rings. The number of halogens is 1. The van der Waals surface area contributed by atoms with Crippen LogP contribution in [-0.2, 0) is 14.3 Å². The van der Waals surface area contributed by atoms with Crippen molar-refractivity contribution in [2.24, 2.45) is 16.3 Å². The number of fused-ring (bicyclic) bond motifs is 2. The molecule has 32 heavy (non-hydrogen) atoms. The fraction of sp³-hybridized carbons (Fsp3) is 0.913. The molecule has 1 amide bonds. The molecule has 9 heteroatoms. The van der Waals surface area contributed by atoms with Crippen LogP contribution < -0.4 is 5.32 Å². The van der Waals surface area contributed by atoms with E-state index >= 15 is 0 Å². The summed E-state index contributed by atoms with van der Waals surface area (Å²) >= 11 is 0. The number of nitrogens with zero attached hydrogens (tertiary/aromatic N) is 4. The van der Waals surface area contributed by atoms with Crippen LogP contribution in [0.1, 0.15) is 39.0 Å². The highest BCUT2D eigenvalue weighted by Gasteiger charge is 2.65. The molecular formula is C23H40IN5O3. The molecule has 0 aromatic carbocycles. The summed E-state index contributed by atoms with van der Waals surface area (Å²) in [6.07, 6.45) is 6.91. The second kappa shape index (κ2) is 10.7. The SMILES string of the molecule is CCN=C(NC1C2CCOC2C12CCCC2)N1CCN(CC(=O)N2CCOCC2)CC1.I. The Kier molecular flexibility index (Phi) is 8.21. The van der Waals surface area contributed by atoms with Crippen molar-refractivity contribution in [3.63, 3.8) is 0 Å². The van der Waals surface area contributed by atoms with E-state index in [0.29, 0.717) is 43.2 Å². The van der Waals surface area contributed by atoms with E-state index in [0.717, 1.165) is 58.4 Å². The van der Waals surface area contributed by atoms with Gasteiger partial charge in [0, 0.05) is 69.8 Å². The first-order valence-electron chi connectivity index (χ1n) is 12.5. The molecule has 3 atom stereocenters. The van der Waals surface area contributed by atoms with E-state index in [4.69, 9.17) is 14.5 Å². The van der Waals surface area contributed by atoms with Gasteiger partial charge in [-0.15, -0.1) is 24.0 Å². The summed E-state index contributed by atoms with van der Waals surface area (Å²) in [5.74, 6) is 1.96. The Balaban J connectivity index is 0.00000245. The second-order valence-corrected chi connectivity index (χ2v) is 9.86. The topological polar surface area (TPSA) is 69.6 Å². The number of ether oxygens (including phenoxy) is 2. The van der Waals surface area contributed by atoms with Crippen molar-refractivity contribution < 1.29 is 14.3 Å². The molecule has 3 saturated heterocycles. The Labute approximate surface area is 209 Å². The number of amides is 1. The van der Waals surface area contributed by atoms with Gasteiger partial charge in [0.25, 0.3) is 0 Å². The largest absolute Gasteiger partial charge is 0.378 e. The van der Waals surface area contributed by atoms with Gasteiger partial charge in [0.05, 0.1) is 25.9 Å². The molecule has 1 spiro atoms. The molecule has 5 fully saturated rings. The van der Waals surface area contributed by atoms with Crippen molar-refractivity contribution in [3.05, 3.63) is 0 Å². The van der Waals surface area contributed by atoms with Crippen molar-refractivity contribution >= 4 is 35.8 Å². The highest BCUT2D eigenvalue weighted by atomic mass is 127. The van der Waals surface area contributed by atoms with Gasteiger partial charge in [-0.2, -0.15) is 0 Å². The maximum absolute atomic E-state index is 12.6. The third-order valence-electron chi connectivity index (χ3n) is 8.27. The lowest BCUT2D eigenvalue weighted by Gasteiger charge is -2.57. The monoisotopic (exact) mass is 561 g/mol. The van der Waals surface area contributed by atoms with Crippen LogP contribution in [0, 0.1) is 11.3 Å². The van der Waals surface area contributed by atoms with E-state index in [9.17, 15) is 4.79 Å². The lowest BCUT2D eigenvalue weighted by molar-refractivity contribution is -0.136. The highest BCUT2D eigenvalue weighted by molar-refractivity contribution is 14.0. The van der Waals surface area contributed by atoms with Gasteiger partial charge in [0.1, 0.15) is 0 Å². The van der Waals surface area contributed by atoms with Crippen molar-refractivity contribution in [2.45, 2.75) is 51.2 Å². The van der Waals surface area contributed by atoms with Crippen LogP contribution >= 0.6 is 24.0 Å². The zero-order valence-electron chi connectivity index (χ0n) is 19.5. The number of hydrogen-bond donors (Lipinski definition) is 1. The number of aliphatic imine (C=N–C) groups is 1. The van der Waals surface area contributed by atoms with E-state index < -0.39 is 0 Å². The fourth-order valence-corrected chi connectivity index (χ4v) is 6.65. The third-order valence-corrected chi connectivity index (χ3v) is 8.27. The minimum Gasteiger partial charge on any atom is -0.378 e. The number of piperazine rings is 1. The number of nitrogens with one attached hydrogen (secondary N) is 1. The predicted molar refractivity (Wildman–Crippen MR) is 134 cm³/mol. The van der Waals surface area contributed by atoms with Crippen molar-refractivity contribution in [1.82, 2.24) is 20.0 Å². The van der Waals surface area contributed by atoms with Gasteiger partial charge in [0.2, 0.25) is 5.91 Å². The van der Waals surface area contributed by atoms with Crippen molar-refractivity contribution in [1.29, 1.82) is 0 Å². The van der Waals surface area contributed by atoms with Crippen LogP contribution in [0.4, 0.5) is 0 Å². The quantitative estimate of drug-likeness (QED) is 0.318. The van der Waals surface area contributed by atoms with Gasteiger partial charge < -0.3 is 24.6 Å². The van der Waals surface area contributed by atoms with Gasteiger partial charge in [-0.25, -0.2) is 0 Å². The molecular weight excluding hydrogens is 521 g/mol. The average molecular weight is 562 g/mol. The number of carbonyl (C=O) groups excluding carboxylic acids is 1. The zero-order chi connectivity index (χ0) is 21.3. The lowest BCUT2D eigenvalue weighted by atomic mass is 9.54. The molecule has 2 aliphatic carbocycles. The number of carbonyl (C=O) groups is 1. The maximum Gasteiger partial charge on any atom is 0.236 e. The van der Waals surface area contributed by atoms with Gasteiger partial charge in [0.15, 0.2) is 5.96 Å². The fourth-order valence-electron chi connectivity index (χ4n) is 6.65. The van der Waals surface area contributed by atoms with Crippen molar-refractivity contribution in [2.75, 3.05) is 72.2 Å². The molecule has 8 nitrogen and oxygen atoms in total. The summed E-state index contributed by atoms with van der Waals surface area (Å²) in [6.45, 7) is 10.8. The summed E-state index contributed by atoms with van der Waals surface area (Å²) in [7, 11) is 0. The minimum atomic E-state index is 0.